The van der Waals surface area contributed by atoms with E-state index < -0.39 is 5.97 Å². The summed E-state index contributed by atoms with van der Waals surface area (Å²) in [5, 5.41) is 0. The predicted octanol–water partition coefficient (Wildman–Crippen LogP) is 3.26. The zero-order valence-electron chi connectivity index (χ0n) is 10.4. The number of carbonyl (C=O) groups excluding carboxylic acids is 1. The van der Waals surface area contributed by atoms with Crippen LogP contribution in [0.2, 0.25) is 0 Å². The van der Waals surface area contributed by atoms with Gasteiger partial charge in [-0.05, 0) is 11.6 Å². The lowest BCUT2D eigenvalue weighted by atomic mass is 9.95. The Morgan fingerprint density at radius 3 is 2.37 bits per heavy atom. The second kappa shape index (κ2) is 4.61. The van der Waals surface area contributed by atoms with Crippen LogP contribution in [0.1, 0.15) is 5.56 Å². The zero-order valence-corrected chi connectivity index (χ0v) is 10.4. The molecule has 2 aromatic carbocycles. The molecule has 0 bridgehead atoms. The molecule has 0 unspecified atom stereocenters. The Kier molecular flexibility index (Phi) is 2.80. The normalized spacial score (nSPS) is 14.3. The summed E-state index contributed by atoms with van der Waals surface area (Å²) < 4.78 is 10.5. The molecule has 0 aliphatic carbocycles. The minimum Gasteiger partial charge on any atom is -0.466 e. The highest BCUT2D eigenvalue weighted by Gasteiger charge is 2.21. The van der Waals surface area contributed by atoms with Crippen LogP contribution in [0, 0.1) is 0 Å². The van der Waals surface area contributed by atoms with Crippen molar-refractivity contribution in [1.82, 2.24) is 0 Å². The minimum atomic E-state index is -0.427. The van der Waals surface area contributed by atoms with Crippen molar-refractivity contribution in [2.45, 2.75) is 0 Å². The van der Waals surface area contributed by atoms with Gasteiger partial charge in [0, 0.05) is 11.1 Å². The number of fused-ring (bicyclic) bond motifs is 3. The van der Waals surface area contributed by atoms with Crippen molar-refractivity contribution < 1.29 is 14.3 Å². The summed E-state index contributed by atoms with van der Waals surface area (Å²) in [6.45, 7) is 0. The molecule has 3 rings (SSSR count). The highest BCUT2D eigenvalue weighted by molar-refractivity contribution is 5.95. The van der Waals surface area contributed by atoms with Crippen molar-refractivity contribution in [3.8, 4) is 16.9 Å². The summed E-state index contributed by atoms with van der Waals surface area (Å²) >= 11 is 0. The lowest BCUT2D eigenvalue weighted by molar-refractivity contribution is -0.134. The highest BCUT2D eigenvalue weighted by Crippen LogP contribution is 2.41. The van der Waals surface area contributed by atoms with Crippen LogP contribution in [0.25, 0.3) is 16.9 Å². The van der Waals surface area contributed by atoms with Crippen LogP contribution in [0.15, 0.2) is 54.6 Å². The van der Waals surface area contributed by atoms with Gasteiger partial charge in [0.2, 0.25) is 0 Å². The first kappa shape index (κ1) is 11.5. The van der Waals surface area contributed by atoms with Crippen molar-refractivity contribution >= 4 is 11.7 Å². The van der Waals surface area contributed by atoms with Crippen molar-refractivity contribution in [2.75, 3.05) is 7.11 Å². The fraction of sp³-hybridized carbons (Fsp3) is 0.0625. The number of hydrogen-bond donors (Lipinski definition) is 0. The van der Waals surface area contributed by atoms with E-state index in [4.69, 9.17) is 4.74 Å². The Hall–Kier alpha value is -2.55. The number of benzene rings is 2. The fourth-order valence-electron chi connectivity index (χ4n) is 2.16. The molecule has 0 N–H and O–H groups in total. The first-order valence-corrected chi connectivity index (χ1v) is 5.96. The maximum Gasteiger partial charge on any atom is 0.334 e. The summed E-state index contributed by atoms with van der Waals surface area (Å²) in [5.41, 5.74) is 2.98. The molecule has 0 fully saturated rings. The summed E-state index contributed by atoms with van der Waals surface area (Å²) in [6, 6.07) is 15.6. The Morgan fingerprint density at radius 1 is 1.00 bits per heavy atom. The maximum atomic E-state index is 11.4. The van der Waals surface area contributed by atoms with Gasteiger partial charge in [0.05, 0.1) is 13.2 Å². The monoisotopic (exact) mass is 252 g/mol. The molecule has 1 aliphatic rings. The van der Waals surface area contributed by atoms with Gasteiger partial charge in [-0.1, -0.05) is 42.5 Å². The number of para-hydroxylation sites is 1. The number of esters is 1. The van der Waals surface area contributed by atoms with E-state index in [1.807, 2.05) is 48.5 Å². The third kappa shape index (κ3) is 1.99. The molecule has 0 amide bonds. The molecular formula is C16H12O3. The molecule has 0 radical (unpaired) electrons. The van der Waals surface area contributed by atoms with Gasteiger partial charge in [-0.3, -0.25) is 0 Å². The third-order valence-electron chi connectivity index (χ3n) is 3.04. The van der Waals surface area contributed by atoms with Gasteiger partial charge in [0.1, 0.15) is 11.5 Å². The van der Waals surface area contributed by atoms with E-state index in [0.717, 1.165) is 22.4 Å². The van der Waals surface area contributed by atoms with Crippen LogP contribution in [0.5, 0.6) is 5.75 Å². The van der Waals surface area contributed by atoms with E-state index in [1.54, 1.807) is 0 Å². The number of carbonyl (C=O) groups is 1. The number of methoxy groups -OCH3 is 1. The second-order valence-corrected chi connectivity index (χ2v) is 4.18. The molecule has 0 saturated carbocycles. The van der Waals surface area contributed by atoms with Gasteiger partial charge in [-0.15, -0.1) is 0 Å². The molecule has 19 heavy (non-hydrogen) atoms. The largest absolute Gasteiger partial charge is 0.466 e. The van der Waals surface area contributed by atoms with Crippen LogP contribution in [-0.2, 0) is 9.53 Å². The van der Waals surface area contributed by atoms with E-state index in [9.17, 15) is 4.79 Å². The number of hydrogen-bond acceptors (Lipinski definition) is 3. The summed E-state index contributed by atoms with van der Waals surface area (Å²) in [4.78, 5) is 11.4. The quantitative estimate of drug-likeness (QED) is 0.577. The number of ether oxygens (including phenoxy) is 2. The van der Waals surface area contributed by atoms with Crippen LogP contribution in [0.3, 0.4) is 0 Å². The van der Waals surface area contributed by atoms with Crippen molar-refractivity contribution in [3.63, 3.8) is 0 Å². The second-order valence-electron chi connectivity index (χ2n) is 4.18. The van der Waals surface area contributed by atoms with Gasteiger partial charge in [-0.25, -0.2) is 4.79 Å². The van der Waals surface area contributed by atoms with Crippen molar-refractivity contribution in [3.05, 3.63) is 60.2 Å². The van der Waals surface area contributed by atoms with Crippen molar-refractivity contribution in [2.24, 2.45) is 0 Å². The standard InChI is InChI=1S/C16H12O3/c1-18-16(17)10-15-13-8-3-2-6-11(13)12-7-4-5-9-14(12)19-15/h2-10H,1H3. The summed E-state index contributed by atoms with van der Waals surface area (Å²) in [6.07, 6.45) is 1.37. The van der Waals surface area contributed by atoms with E-state index in [2.05, 4.69) is 4.74 Å². The SMILES string of the molecule is COC(=O)C=C1Oc2ccccc2-c2ccccc21. The molecule has 0 aromatic heterocycles. The fourth-order valence-corrected chi connectivity index (χ4v) is 2.16. The number of rotatable bonds is 1. The maximum absolute atomic E-state index is 11.4. The molecule has 94 valence electrons. The highest BCUT2D eigenvalue weighted by atomic mass is 16.5. The molecular weight excluding hydrogens is 240 g/mol. The van der Waals surface area contributed by atoms with Crippen LogP contribution in [-0.4, -0.2) is 13.1 Å². The molecule has 1 heterocycles. The lowest BCUT2D eigenvalue weighted by Gasteiger charge is -2.22. The van der Waals surface area contributed by atoms with Gasteiger partial charge in [0.15, 0.2) is 0 Å². The summed E-state index contributed by atoms with van der Waals surface area (Å²) in [7, 11) is 1.35. The van der Waals surface area contributed by atoms with Crippen LogP contribution in [0.4, 0.5) is 0 Å². The Morgan fingerprint density at radius 2 is 1.63 bits per heavy atom. The smallest absolute Gasteiger partial charge is 0.334 e. The van der Waals surface area contributed by atoms with E-state index in [-0.39, 0.29) is 0 Å². The van der Waals surface area contributed by atoms with Crippen LogP contribution >= 0.6 is 0 Å². The van der Waals surface area contributed by atoms with E-state index in [0.29, 0.717) is 5.76 Å². The molecule has 2 aromatic rings. The predicted molar refractivity (Wildman–Crippen MR) is 72.5 cm³/mol. The Bertz CT molecular complexity index is 671. The average molecular weight is 252 g/mol. The third-order valence-corrected chi connectivity index (χ3v) is 3.04. The topological polar surface area (TPSA) is 35.5 Å². The molecule has 3 nitrogen and oxygen atoms in total. The molecule has 1 aliphatic heterocycles. The molecule has 3 heteroatoms. The van der Waals surface area contributed by atoms with E-state index >= 15 is 0 Å². The average Bonchev–Trinajstić information content (AvgIpc) is 2.47. The van der Waals surface area contributed by atoms with E-state index in [1.165, 1.54) is 13.2 Å². The van der Waals surface area contributed by atoms with Gasteiger partial charge in [-0.2, -0.15) is 0 Å². The van der Waals surface area contributed by atoms with Crippen molar-refractivity contribution in [1.29, 1.82) is 0 Å². The molecule has 0 atom stereocenters. The summed E-state index contributed by atoms with van der Waals surface area (Å²) in [5.74, 6) is 0.835. The lowest BCUT2D eigenvalue weighted by Crippen LogP contribution is -2.07. The molecule has 0 spiro atoms. The first-order chi connectivity index (χ1) is 9.29. The van der Waals surface area contributed by atoms with Crippen LogP contribution < -0.4 is 4.74 Å². The minimum absolute atomic E-state index is 0.427. The molecule has 0 saturated heterocycles. The van der Waals surface area contributed by atoms with Gasteiger partial charge < -0.3 is 9.47 Å². The Balaban J connectivity index is 2.20. The first-order valence-electron chi connectivity index (χ1n) is 5.96. The Labute approximate surface area is 111 Å². The zero-order chi connectivity index (χ0) is 13.2. The van der Waals surface area contributed by atoms with Gasteiger partial charge >= 0.3 is 5.97 Å². The van der Waals surface area contributed by atoms with Gasteiger partial charge in [0.25, 0.3) is 0 Å².